The molecule has 1 amide bonds. The van der Waals surface area contributed by atoms with Crippen LogP contribution in [0.1, 0.15) is 12.5 Å². The smallest absolute Gasteiger partial charge is 0.227 e. The Labute approximate surface area is 97.7 Å². The number of likely N-dealkylation sites (tertiary alicyclic amines) is 1. The van der Waals surface area contributed by atoms with Crippen LogP contribution in [0, 0.1) is 11.6 Å². The van der Waals surface area contributed by atoms with Gasteiger partial charge in [0.15, 0.2) is 11.6 Å². The molecule has 0 saturated carbocycles. The van der Waals surface area contributed by atoms with Crippen LogP contribution in [0.5, 0.6) is 0 Å². The van der Waals surface area contributed by atoms with Gasteiger partial charge in [-0.25, -0.2) is 8.78 Å². The predicted molar refractivity (Wildman–Crippen MR) is 57.3 cm³/mol. The standard InChI is InChI=1S/C12H13F2NO2/c1-12(17)6-15(7-12)10(16)5-8-3-2-4-9(13)11(8)14/h2-4,17H,5-7H2,1H3. The molecule has 17 heavy (non-hydrogen) atoms. The Morgan fingerprint density at radius 3 is 2.71 bits per heavy atom. The number of amides is 1. The molecule has 5 heteroatoms. The van der Waals surface area contributed by atoms with Crippen molar-refractivity contribution in [2.24, 2.45) is 0 Å². The number of hydrogen-bond acceptors (Lipinski definition) is 2. The summed E-state index contributed by atoms with van der Waals surface area (Å²) in [5.74, 6) is -2.24. The molecule has 0 atom stereocenters. The van der Waals surface area contributed by atoms with Gasteiger partial charge in [-0.2, -0.15) is 0 Å². The Kier molecular flexibility index (Phi) is 2.87. The monoisotopic (exact) mass is 241 g/mol. The largest absolute Gasteiger partial charge is 0.386 e. The number of halogens is 2. The Bertz CT molecular complexity index is 452. The molecule has 92 valence electrons. The molecule has 1 fully saturated rings. The minimum atomic E-state index is -0.979. The van der Waals surface area contributed by atoms with Gasteiger partial charge < -0.3 is 10.0 Å². The summed E-state index contributed by atoms with van der Waals surface area (Å²) in [7, 11) is 0. The quantitative estimate of drug-likeness (QED) is 0.842. The summed E-state index contributed by atoms with van der Waals surface area (Å²) in [4.78, 5) is 13.1. The molecule has 3 nitrogen and oxygen atoms in total. The molecule has 0 aromatic heterocycles. The van der Waals surface area contributed by atoms with Gasteiger partial charge in [-0.1, -0.05) is 12.1 Å². The lowest BCUT2D eigenvalue weighted by molar-refractivity contribution is -0.151. The van der Waals surface area contributed by atoms with Crippen molar-refractivity contribution in [2.75, 3.05) is 13.1 Å². The first-order valence-corrected chi connectivity index (χ1v) is 5.32. The molecule has 0 aliphatic carbocycles. The van der Waals surface area contributed by atoms with E-state index in [-0.39, 0.29) is 31.0 Å². The topological polar surface area (TPSA) is 40.5 Å². The maximum atomic E-state index is 13.3. The molecule has 1 saturated heterocycles. The van der Waals surface area contributed by atoms with Gasteiger partial charge in [0, 0.05) is 5.56 Å². The average Bonchev–Trinajstić information content (AvgIpc) is 2.21. The number of nitrogens with zero attached hydrogens (tertiary/aromatic N) is 1. The Morgan fingerprint density at radius 2 is 2.12 bits per heavy atom. The fourth-order valence-electron chi connectivity index (χ4n) is 1.91. The molecule has 1 aromatic carbocycles. The molecule has 1 N–H and O–H groups in total. The number of aliphatic hydroxyl groups is 1. The summed E-state index contributed by atoms with van der Waals surface area (Å²) in [5.41, 5.74) is -0.808. The van der Waals surface area contributed by atoms with Crippen molar-refractivity contribution in [3.05, 3.63) is 35.4 Å². The third-order valence-corrected chi connectivity index (χ3v) is 2.79. The van der Waals surface area contributed by atoms with Gasteiger partial charge in [-0.15, -0.1) is 0 Å². The lowest BCUT2D eigenvalue weighted by Crippen LogP contribution is -2.62. The second kappa shape index (κ2) is 4.07. The van der Waals surface area contributed by atoms with Gasteiger partial charge in [0.25, 0.3) is 0 Å². The van der Waals surface area contributed by atoms with E-state index in [1.54, 1.807) is 6.92 Å². The normalized spacial score (nSPS) is 17.8. The number of carbonyl (C=O) groups is 1. The van der Waals surface area contributed by atoms with Crippen molar-refractivity contribution in [3.8, 4) is 0 Å². The molecule has 1 aliphatic rings. The highest BCUT2D eigenvalue weighted by Crippen LogP contribution is 2.21. The Morgan fingerprint density at radius 1 is 1.47 bits per heavy atom. The summed E-state index contributed by atoms with van der Waals surface area (Å²) < 4.78 is 26.2. The molecule has 1 heterocycles. The maximum Gasteiger partial charge on any atom is 0.227 e. The van der Waals surface area contributed by atoms with E-state index in [4.69, 9.17) is 0 Å². The van der Waals surface area contributed by atoms with Crippen molar-refractivity contribution in [2.45, 2.75) is 18.9 Å². The highest BCUT2D eigenvalue weighted by Gasteiger charge is 2.39. The fourth-order valence-corrected chi connectivity index (χ4v) is 1.91. The molecule has 0 spiro atoms. The zero-order valence-electron chi connectivity index (χ0n) is 9.41. The minimum absolute atomic E-state index is 0.0431. The number of benzene rings is 1. The SMILES string of the molecule is CC1(O)CN(C(=O)Cc2cccc(F)c2F)C1. The van der Waals surface area contributed by atoms with Crippen LogP contribution in [0.3, 0.4) is 0 Å². The van der Waals surface area contributed by atoms with Crippen LogP contribution >= 0.6 is 0 Å². The van der Waals surface area contributed by atoms with Gasteiger partial charge in [0.05, 0.1) is 25.1 Å². The van der Waals surface area contributed by atoms with Crippen molar-refractivity contribution < 1.29 is 18.7 Å². The van der Waals surface area contributed by atoms with Crippen molar-refractivity contribution in [3.63, 3.8) is 0 Å². The molecule has 1 aromatic rings. The molecule has 0 radical (unpaired) electrons. The van der Waals surface area contributed by atoms with E-state index in [1.807, 2.05) is 0 Å². The summed E-state index contributed by atoms with van der Waals surface area (Å²) in [6, 6.07) is 3.76. The van der Waals surface area contributed by atoms with E-state index in [0.717, 1.165) is 6.07 Å². The van der Waals surface area contributed by atoms with Crippen molar-refractivity contribution in [1.82, 2.24) is 4.90 Å². The number of hydrogen-bond donors (Lipinski definition) is 1. The molecule has 0 bridgehead atoms. The number of carbonyl (C=O) groups excluding carboxylic acids is 1. The van der Waals surface area contributed by atoms with Crippen LogP contribution in [0.2, 0.25) is 0 Å². The first-order chi connectivity index (χ1) is 7.89. The Balaban J connectivity index is 2.02. The number of rotatable bonds is 2. The predicted octanol–water partition coefficient (Wildman–Crippen LogP) is 1.10. The van der Waals surface area contributed by atoms with E-state index < -0.39 is 17.2 Å². The summed E-state index contributed by atoms with van der Waals surface area (Å²) >= 11 is 0. The summed E-state index contributed by atoms with van der Waals surface area (Å²) in [5, 5.41) is 9.47. The van der Waals surface area contributed by atoms with Crippen LogP contribution in [0.15, 0.2) is 18.2 Å². The van der Waals surface area contributed by atoms with Crippen LogP contribution in [-0.2, 0) is 11.2 Å². The Hall–Kier alpha value is -1.49. The molecule has 2 rings (SSSR count). The second-order valence-electron chi connectivity index (χ2n) is 4.64. The van der Waals surface area contributed by atoms with Crippen molar-refractivity contribution in [1.29, 1.82) is 0 Å². The average molecular weight is 241 g/mol. The highest BCUT2D eigenvalue weighted by atomic mass is 19.2. The third kappa shape index (κ3) is 2.44. The zero-order chi connectivity index (χ0) is 12.6. The van der Waals surface area contributed by atoms with E-state index in [0.29, 0.717) is 0 Å². The van der Waals surface area contributed by atoms with Gasteiger partial charge in [-0.3, -0.25) is 4.79 Å². The van der Waals surface area contributed by atoms with Gasteiger partial charge in [-0.05, 0) is 13.0 Å². The molecular weight excluding hydrogens is 228 g/mol. The number of β-amino-alcohol motifs (C(OH)–C–C–N with tert-alkyl or cyclic N) is 1. The van der Waals surface area contributed by atoms with Crippen LogP contribution in [0.4, 0.5) is 8.78 Å². The maximum absolute atomic E-state index is 13.3. The van der Waals surface area contributed by atoms with Crippen LogP contribution in [0.25, 0.3) is 0 Å². The first-order valence-electron chi connectivity index (χ1n) is 5.32. The first kappa shape index (κ1) is 12.0. The van der Waals surface area contributed by atoms with Gasteiger partial charge >= 0.3 is 0 Å². The third-order valence-electron chi connectivity index (χ3n) is 2.79. The van der Waals surface area contributed by atoms with Gasteiger partial charge in [0.2, 0.25) is 5.91 Å². The van der Waals surface area contributed by atoms with E-state index in [2.05, 4.69) is 0 Å². The zero-order valence-corrected chi connectivity index (χ0v) is 9.41. The summed E-state index contributed by atoms with van der Waals surface area (Å²) in [6.07, 6.45) is -0.181. The van der Waals surface area contributed by atoms with Crippen molar-refractivity contribution >= 4 is 5.91 Å². The second-order valence-corrected chi connectivity index (χ2v) is 4.64. The van der Waals surface area contributed by atoms with E-state index in [1.165, 1.54) is 17.0 Å². The lowest BCUT2D eigenvalue weighted by atomic mass is 9.96. The fraction of sp³-hybridized carbons (Fsp3) is 0.417. The van der Waals surface area contributed by atoms with Gasteiger partial charge in [0.1, 0.15) is 0 Å². The van der Waals surface area contributed by atoms with E-state index >= 15 is 0 Å². The van der Waals surface area contributed by atoms with E-state index in [9.17, 15) is 18.7 Å². The molecule has 0 unspecified atom stereocenters. The minimum Gasteiger partial charge on any atom is -0.386 e. The molecular formula is C12H13F2NO2. The summed E-state index contributed by atoms with van der Waals surface area (Å²) in [6.45, 7) is 2.10. The molecule has 1 aliphatic heterocycles. The van der Waals surface area contributed by atoms with Crippen LogP contribution < -0.4 is 0 Å². The van der Waals surface area contributed by atoms with Crippen LogP contribution in [-0.4, -0.2) is 34.6 Å². The highest BCUT2D eigenvalue weighted by molar-refractivity contribution is 5.79. The lowest BCUT2D eigenvalue weighted by Gasteiger charge is -2.44.